The van der Waals surface area contributed by atoms with Gasteiger partial charge in [-0.3, -0.25) is 67.1 Å². The van der Waals surface area contributed by atoms with Crippen molar-refractivity contribution in [2.24, 2.45) is 164 Å². The Kier molecular flexibility index (Phi) is 46.1. The molecule has 830 valence electrons. The largest absolute Gasteiger partial charge is 0.465 e. The van der Waals surface area contributed by atoms with Gasteiger partial charge >= 0.3 is 77.6 Å². The number of esters is 13. The highest BCUT2D eigenvalue weighted by molar-refractivity contribution is 5.90. The zero-order valence-corrected chi connectivity index (χ0v) is 80.8. The number of carbonyl (C=O) groups excluding carboxylic acids is 14. The molecule has 21 rings (SSSR count). The highest BCUT2D eigenvalue weighted by atomic mass is 16.6. The third-order valence-electron chi connectivity index (χ3n) is 38.0. The molecule has 15 saturated carbocycles. The zero-order valence-electron chi connectivity index (χ0n) is 80.8. The molecular formula is C116H198O28. The van der Waals surface area contributed by atoms with Crippen LogP contribution in [-0.2, 0) is 133 Å². The molecule has 0 N–H and O–H groups in total. The summed E-state index contributed by atoms with van der Waals surface area (Å²) in [4.78, 5) is 171. The van der Waals surface area contributed by atoms with E-state index in [-0.39, 0.29) is 296 Å². The van der Waals surface area contributed by atoms with Crippen LogP contribution >= 0.6 is 0 Å². The molecule has 0 radical (unpaired) electrons. The van der Waals surface area contributed by atoms with E-state index in [0.29, 0.717) is 118 Å². The summed E-state index contributed by atoms with van der Waals surface area (Å²) in [7, 11) is 0. The van der Waals surface area contributed by atoms with Gasteiger partial charge in [0.25, 0.3) is 0 Å². The van der Waals surface area contributed by atoms with Gasteiger partial charge in [0, 0.05) is 46.3 Å². The molecule has 28 nitrogen and oxygen atoms in total. The van der Waals surface area contributed by atoms with Crippen molar-refractivity contribution < 1.29 is 133 Å². The van der Waals surface area contributed by atoms with Gasteiger partial charge in [-0.05, 0) is 247 Å². The van der Waals surface area contributed by atoms with Crippen LogP contribution in [0.3, 0.4) is 0 Å². The number of carbonyl (C=O) groups is 14. The number of ether oxygens (including phenoxy) is 14. The van der Waals surface area contributed by atoms with Gasteiger partial charge in [0.05, 0.1) is 109 Å². The number of ketones is 1. The summed E-state index contributed by atoms with van der Waals surface area (Å²) in [5, 5.41) is 0. The van der Waals surface area contributed by atoms with Crippen LogP contribution in [0.15, 0.2) is 0 Å². The Labute approximate surface area is 867 Å². The lowest BCUT2D eigenvalue weighted by Crippen LogP contribution is -2.47. The summed E-state index contributed by atoms with van der Waals surface area (Å²) in [5.74, 6) is -0.457. The molecule has 28 heteroatoms. The lowest BCUT2D eigenvalue weighted by molar-refractivity contribution is -0.181. The minimum atomic E-state index is -0.547. The van der Waals surface area contributed by atoms with Crippen molar-refractivity contribution >= 4 is 83.4 Å². The quantitative estimate of drug-likeness (QED) is 0.0677. The Bertz CT molecular complexity index is 4360. The highest BCUT2D eigenvalue weighted by Crippen LogP contribution is 2.67. The van der Waals surface area contributed by atoms with E-state index in [0.717, 1.165) is 161 Å². The van der Waals surface area contributed by atoms with Crippen LogP contribution in [0.5, 0.6) is 0 Å². The average Bonchev–Trinajstić information content (AvgIpc) is 1.55. The Morgan fingerprint density at radius 1 is 0.375 bits per heavy atom. The first-order chi connectivity index (χ1) is 62.9. The molecule has 14 bridgehead atoms. The van der Waals surface area contributed by atoms with Gasteiger partial charge in [0.2, 0.25) is 0 Å². The predicted molar refractivity (Wildman–Crippen MR) is 551 cm³/mol. The summed E-state index contributed by atoms with van der Waals surface area (Å²) in [6.45, 7) is 29.8. The number of rotatable bonds is 23. The van der Waals surface area contributed by atoms with Gasteiger partial charge in [0.15, 0.2) is 5.78 Å². The van der Waals surface area contributed by atoms with Crippen LogP contribution in [-0.4, -0.2) is 176 Å². The molecular weight excluding hydrogens is 1840 g/mol. The van der Waals surface area contributed by atoms with Crippen LogP contribution in [0.25, 0.3) is 0 Å². The van der Waals surface area contributed by atoms with Crippen molar-refractivity contribution in [3.8, 4) is 0 Å². The Balaban J connectivity index is 0.000000357. The van der Waals surface area contributed by atoms with Gasteiger partial charge in [-0.1, -0.05) is 186 Å². The maximum Gasteiger partial charge on any atom is 0.312 e. The standard InChI is InChI=1S/C23H32O6.C21H30O6.4C15H22O4.12CH4/c1-4-11(3)20(24)27-18-15-9-14-16(21(25)28-19(14)18)17(15)22(26)29-23(5-2)10-12-6-7-13(23)8-12;1-4-11(2)18(22)25-16-13-10-12-14(19(23)26-17(12)16)15(13)20(24)27-21(3)8-6-5-7-9-21;1-3-9(2)14(17)19-12-5-11-4-10(12)6-15(11)8-18-7-13(15)16;1-3-9(2)14(17)19-12-5-11-4-10(12)6-15(11)7-13(16)18-8-15;1-3-9(2)14(17)19-12-5-10-4-11(12)15(6-10)7-13(16)18-8-15;1-3-9(2)13(16)19-12-7-10-6-11(12)15(8-10)4-5-18-14(15)17;;;;;;;;;;;;/h11-19H,4-10H2,1-3H3;11-17H,4-10H2,1-3H3;4*9-12H,3-8H2,1-2H3;12*1H4. The third-order valence-corrected chi connectivity index (χ3v) is 38.0. The molecule has 37 unspecified atom stereocenters. The normalized spacial score (nSPS) is 39.0. The SMILES string of the molecule is C.C.C.C.C.C.C.C.C.C.C.C.CCC(C)C(=O)OC1C2CC3C1OC(=O)C3C2C(=O)OC1(C)CCCCC1.CCC(C)C(=O)OC1C2CC3C1OC(=O)C3C2C(=O)OC1(CC)CC2CCC1C2.CCC(C)C(=O)OC1CC2CC1C1(CCOC1=O)C2.CCC(C)C(=O)OC1CC2CC1C1(COC(=O)C1)C2.CCC(C)C(=O)OC1CC2CC1CC21COC(=O)C1.CCC(C)C(=O)OC1CC2CC1CC21COCC1=O. The molecule has 0 aromatic carbocycles. The van der Waals surface area contributed by atoms with E-state index in [1.807, 2.05) is 90.0 Å². The van der Waals surface area contributed by atoms with E-state index >= 15 is 0 Å². The Morgan fingerprint density at radius 3 is 1.17 bits per heavy atom. The number of hydrogen-bond donors (Lipinski definition) is 0. The minimum Gasteiger partial charge on any atom is -0.465 e. The fourth-order valence-electron chi connectivity index (χ4n) is 29.2. The average molecular weight is 2040 g/mol. The number of fused-ring (bicyclic) bond motifs is 16. The summed E-state index contributed by atoms with van der Waals surface area (Å²) in [5.41, 5.74) is -1.33. The van der Waals surface area contributed by atoms with E-state index in [1.54, 1.807) is 0 Å². The van der Waals surface area contributed by atoms with Crippen molar-refractivity contribution in [1.29, 1.82) is 0 Å². The summed E-state index contributed by atoms with van der Waals surface area (Å²) < 4.78 is 78.5. The first kappa shape index (κ1) is 129. The lowest BCUT2D eigenvalue weighted by atomic mass is 9.71. The maximum absolute atomic E-state index is 13.4. The van der Waals surface area contributed by atoms with Crippen LogP contribution in [0.4, 0.5) is 0 Å². The van der Waals surface area contributed by atoms with Crippen LogP contribution < -0.4 is 0 Å². The van der Waals surface area contributed by atoms with E-state index < -0.39 is 53.7 Å². The molecule has 0 amide bonds. The topological polar surface area (TPSA) is 368 Å². The van der Waals surface area contributed by atoms with Crippen LogP contribution in [0, 0.1) is 164 Å². The van der Waals surface area contributed by atoms with Crippen LogP contribution in [0.1, 0.15) is 398 Å². The second kappa shape index (κ2) is 51.5. The van der Waals surface area contributed by atoms with E-state index in [1.165, 1.54) is 12.8 Å². The number of cyclic esters (lactones) is 3. The maximum atomic E-state index is 13.4. The second-order valence-electron chi connectivity index (χ2n) is 45.5. The molecule has 144 heavy (non-hydrogen) atoms. The number of Topliss-reactive ketones (excluding diaryl/α,β-unsaturated/α-hetero) is 1. The van der Waals surface area contributed by atoms with Crippen molar-refractivity contribution in [2.45, 2.75) is 458 Å². The minimum absolute atomic E-state index is 0. The van der Waals surface area contributed by atoms with Crippen molar-refractivity contribution in [3.05, 3.63) is 0 Å². The van der Waals surface area contributed by atoms with Gasteiger partial charge in [0.1, 0.15) is 66.6 Å². The fourth-order valence-corrected chi connectivity index (χ4v) is 29.2. The Hall–Kier alpha value is -7.26. The van der Waals surface area contributed by atoms with E-state index in [4.69, 9.17) is 66.3 Å². The lowest BCUT2D eigenvalue weighted by Gasteiger charge is -2.39. The molecule has 6 saturated heterocycles. The zero-order chi connectivity index (χ0) is 94.3. The smallest absolute Gasteiger partial charge is 0.312 e. The molecule has 0 aromatic heterocycles. The van der Waals surface area contributed by atoms with Crippen molar-refractivity contribution in [2.75, 3.05) is 33.0 Å². The monoisotopic (exact) mass is 2040 g/mol. The van der Waals surface area contributed by atoms with E-state index in [2.05, 4.69) is 6.92 Å². The van der Waals surface area contributed by atoms with E-state index in [9.17, 15) is 67.1 Å². The van der Waals surface area contributed by atoms with Crippen molar-refractivity contribution in [3.63, 3.8) is 0 Å². The van der Waals surface area contributed by atoms with Crippen LogP contribution in [0.2, 0.25) is 0 Å². The second-order valence-corrected chi connectivity index (χ2v) is 45.5. The first-order valence-corrected chi connectivity index (χ1v) is 51.6. The third kappa shape index (κ3) is 24.2. The van der Waals surface area contributed by atoms with Crippen molar-refractivity contribution in [1.82, 2.24) is 0 Å². The fraction of sp³-hybridized carbons (Fsp3) is 0.879. The van der Waals surface area contributed by atoms with Gasteiger partial charge in [-0.25, -0.2) is 0 Å². The summed E-state index contributed by atoms with van der Waals surface area (Å²) >= 11 is 0. The summed E-state index contributed by atoms with van der Waals surface area (Å²) in [6, 6.07) is 0. The van der Waals surface area contributed by atoms with Gasteiger partial charge in [-0.15, -0.1) is 0 Å². The molecule has 4 spiro atoms. The molecule has 6 aliphatic heterocycles. The summed E-state index contributed by atoms with van der Waals surface area (Å²) in [6.07, 6.45) is 28.2. The molecule has 21 fully saturated rings. The first-order valence-electron chi connectivity index (χ1n) is 51.6. The highest BCUT2D eigenvalue weighted by Gasteiger charge is 2.74. The predicted octanol–water partition coefficient (Wildman–Crippen LogP) is 22.8. The molecule has 21 aliphatic rings. The molecule has 6 heterocycles. The molecule has 37 atom stereocenters. The van der Waals surface area contributed by atoms with Gasteiger partial charge in [-0.2, -0.15) is 0 Å². The molecule has 0 aromatic rings. The number of hydrogen-bond acceptors (Lipinski definition) is 28. The van der Waals surface area contributed by atoms with Gasteiger partial charge < -0.3 is 66.3 Å². The molecule has 15 aliphatic carbocycles. The Morgan fingerprint density at radius 2 is 0.799 bits per heavy atom.